The van der Waals surface area contributed by atoms with Crippen molar-refractivity contribution in [2.45, 2.75) is 31.8 Å². The Bertz CT molecular complexity index is 564. The van der Waals surface area contributed by atoms with Gasteiger partial charge < -0.3 is 10.1 Å². The smallest absolute Gasteiger partial charge is 0.119 e. The molecule has 0 amide bonds. The lowest BCUT2D eigenvalue weighted by Crippen LogP contribution is -2.16. The molecule has 1 aliphatic carbocycles. The number of rotatable bonds is 6. The van der Waals surface area contributed by atoms with Crippen LogP contribution in [-0.4, -0.2) is 18.1 Å². The number of nitrogens with zero attached hydrogens (tertiary/aromatic N) is 1. The molecule has 1 heterocycles. The molecule has 1 aromatic carbocycles. The van der Waals surface area contributed by atoms with Gasteiger partial charge in [-0.3, -0.25) is 4.98 Å². The quantitative estimate of drug-likeness (QED) is 0.874. The summed E-state index contributed by atoms with van der Waals surface area (Å²) in [5, 5.41) is 3.58. The second-order valence-electron chi connectivity index (χ2n) is 5.33. The van der Waals surface area contributed by atoms with E-state index in [2.05, 4.69) is 28.5 Å². The molecule has 0 aliphatic heterocycles. The third kappa shape index (κ3) is 3.36. The summed E-state index contributed by atoms with van der Waals surface area (Å²) in [6.45, 7) is 0.914. The van der Waals surface area contributed by atoms with E-state index in [1.807, 2.05) is 24.5 Å². The highest BCUT2D eigenvalue weighted by molar-refractivity contribution is 5.38. The molecule has 3 nitrogen and oxygen atoms in total. The Labute approximate surface area is 120 Å². The molecule has 1 aliphatic rings. The zero-order valence-corrected chi connectivity index (χ0v) is 11.8. The van der Waals surface area contributed by atoms with E-state index in [9.17, 15) is 0 Å². The Morgan fingerprint density at radius 3 is 2.85 bits per heavy atom. The predicted octanol–water partition coefficient (Wildman–Crippen LogP) is 2.93. The van der Waals surface area contributed by atoms with Crippen molar-refractivity contribution in [2.24, 2.45) is 0 Å². The van der Waals surface area contributed by atoms with E-state index in [1.54, 1.807) is 7.11 Å². The number of benzene rings is 1. The minimum Gasteiger partial charge on any atom is -0.497 e. The Kier molecular flexibility index (Phi) is 3.97. The molecular weight excluding hydrogens is 248 g/mol. The first kappa shape index (κ1) is 13.1. The summed E-state index contributed by atoms with van der Waals surface area (Å²) in [7, 11) is 1.72. The van der Waals surface area contributed by atoms with Gasteiger partial charge in [-0.25, -0.2) is 0 Å². The summed E-state index contributed by atoms with van der Waals surface area (Å²) >= 11 is 0. The van der Waals surface area contributed by atoms with Crippen LogP contribution in [-0.2, 0) is 13.0 Å². The maximum absolute atomic E-state index is 5.34. The van der Waals surface area contributed by atoms with Crippen molar-refractivity contribution in [3.8, 4) is 5.75 Å². The van der Waals surface area contributed by atoms with Gasteiger partial charge in [-0.2, -0.15) is 0 Å². The predicted molar refractivity (Wildman–Crippen MR) is 79.9 cm³/mol. The molecule has 0 saturated heterocycles. The molecule has 20 heavy (non-hydrogen) atoms. The number of nitrogens with one attached hydrogen (secondary N) is 1. The van der Waals surface area contributed by atoms with E-state index in [4.69, 9.17) is 4.74 Å². The van der Waals surface area contributed by atoms with Gasteiger partial charge in [0, 0.05) is 25.0 Å². The Balaban J connectivity index is 1.79. The van der Waals surface area contributed by atoms with Gasteiger partial charge in [0.2, 0.25) is 0 Å². The lowest BCUT2D eigenvalue weighted by Gasteiger charge is -2.12. The normalized spacial score (nSPS) is 14.2. The molecule has 0 radical (unpaired) electrons. The summed E-state index contributed by atoms with van der Waals surface area (Å²) in [6, 6.07) is 11.2. The molecule has 1 N–H and O–H groups in total. The molecule has 1 aromatic heterocycles. The lowest BCUT2D eigenvalue weighted by molar-refractivity contribution is 0.414. The zero-order chi connectivity index (χ0) is 13.8. The highest BCUT2D eigenvalue weighted by Gasteiger charge is 2.20. The first-order valence-corrected chi connectivity index (χ1v) is 7.13. The molecule has 1 fully saturated rings. The highest BCUT2D eigenvalue weighted by Crippen LogP contribution is 2.23. The van der Waals surface area contributed by atoms with Gasteiger partial charge in [-0.15, -0.1) is 0 Å². The van der Waals surface area contributed by atoms with Crippen molar-refractivity contribution < 1.29 is 4.74 Å². The second kappa shape index (κ2) is 6.06. The number of ether oxygens (including phenoxy) is 1. The van der Waals surface area contributed by atoms with Crippen LogP contribution in [0.4, 0.5) is 0 Å². The Morgan fingerprint density at radius 1 is 1.25 bits per heavy atom. The van der Waals surface area contributed by atoms with Crippen LogP contribution < -0.4 is 10.1 Å². The number of hydrogen-bond donors (Lipinski definition) is 1. The largest absolute Gasteiger partial charge is 0.497 e. The van der Waals surface area contributed by atoms with Crippen LogP contribution >= 0.6 is 0 Å². The second-order valence-corrected chi connectivity index (χ2v) is 5.33. The number of aromatic nitrogens is 1. The molecular formula is C17H20N2O. The first-order chi connectivity index (χ1) is 9.85. The number of hydrogen-bond acceptors (Lipinski definition) is 3. The summed E-state index contributed by atoms with van der Waals surface area (Å²) < 4.78 is 5.34. The molecule has 104 valence electrons. The molecule has 1 saturated carbocycles. The van der Waals surface area contributed by atoms with E-state index in [1.165, 1.54) is 29.5 Å². The average molecular weight is 268 g/mol. The van der Waals surface area contributed by atoms with Crippen LogP contribution in [0.15, 0.2) is 42.7 Å². The molecule has 3 rings (SSSR count). The third-order valence-electron chi connectivity index (χ3n) is 3.69. The van der Waals surface area contributed by atoms with Crippen LogP contribution in [0.25, 0.3) is 0 Å². The summed E-state index contributed by atoms with van der Waals surface area (Å²) in [4.78, 5) is 4.19. The minimum atomic E-state index is 0.715. The fraction of sp³-hybridized carbons (Fsp3) is 0.353. The number of methoxy groups -OCH3 is 1. The molecule has 0 bridgehead atoms. The molecule has 0 atom stereocenters. The van der Waals surface area contributed by atoms with Crippen molar-refractivity contribution in [1.82, 2.24) is 10.3 Å². The summed E-state index contributed by atoms with van der Waals surface area (Å²) in [5.41, 5.74) is 3.90. The molecule has 3 heteroatoms. The van der Waals surface area contributed by atoms with Crippen LogP contribution in [0.3, 0.4) is 0 Å². The lowest BCUT2D eigenvalue weighted by atomic mass is 10.0. The van der Waals surface area contributed by atoms with Crippen LogP contribution in [0, 0.1) is 0 Å². The monoisotopic (exact) mass is 268 g/mol. The number of pyridine rings is 1. The van der Waals surface area contributed by atoms with E-state index < -0.39 is 0 Å². The van der Waals surface area contributed by atoms with E-state index in [-0.39, 0.29) is 0 Å². The maximum Gasteiger partial charge on any atom is 0.119 e. The van der Waals surface area contributed by atoms with Gasteiger partial charge in [0.15, 0.2) is 0 Å². The van der Waals surface area contributed by atoms with Crippen molar-refractivity contribution in [3.05, 3.63) is 59.4 Å². The van der Waals surface area contributed by atoms with Crippen molar-refractivity contribution in [1.29, 1.82) is 0 Å². The first-order valence-electron chi connectivity index (χ1n) is 7.13. The van der Waals surface area contributed by atoms with Gasteiger partial charge in [-0.1, -0.05) is 12.1 Å². The zero-order valence-electron chi connectivity index (χ0n) is 11.8. The van der Waals surface area contributed by atoms with Gasteiger partial charge in [0.1, 0.15) is 5.75 Å². The van der Waals surface area contributed by atoms with E-state index >= 15 is 0 Å². The standard InChI is InChI=1S/C17H20N2O/c1-20-17-7-4-14(9-13-3-2-8-18-11-13)15(10-17)12-19-16-5-6-16/h2-4,7-8,10-11,16,19H,5-6,9,12H2,1H3. The summed E-state index contributed by atoms with van der Waals surface area (Å²) in [6.07, 6.45) is 7.28. The van der Waals surface area contributed by atoms with Crippen molar-refractivity contribution >= 4 is 0 Å². The van der Waals surface area contributed by atoms with Crippen LogP contribution in [0.1, 0.15) is 29.5 Å². The fourth-order valence-corrected chi connectivity index (χ4v) is 2.33. The highest BCUT2D eigenvalue weighted by atomic mass is 16.5. The molecule has 0 spiro atoms. The topological polar surface area (TPSA) is 34.1 Å². The minimum absolute atomic E-state index is 0.715. The maximum atomic E-state index is 5.34. The fourth-order valence-electron chi connectivity index (χ4n) is 2.33. The average Bonchev–Trinajstić information content (AvgIpc) is 3.31. The molecule has 2 aromatic rings. The third-order valence-corrected chi connectivity index (χ3v) is 3.69. The van der Waals surface area contributed by atoms with Gasteiger partial charge >= 0.3 is 0 Å². The van der Waals surface area contributed by atoms with E-state index in [0.29, 0.717) is 6.04 Å². The van der Waals surface area contributed by atoms with Crippen molar-refractivity contribution in [3.63, 3.8) is 0 Å². The van der Waals surface area contributed by atoms with Crippen molar-refractivity contribution in [2.75, 3.05) is 7.11 Å². The molecule has 0 unspecified atom stereocenters. The van der Waals surface area contributed by atoms with Gasteiger partial charge in [0.25, 0.3) is 0 Å². The van der Waals surface area contributed by atoms with Crippen LogP contribution in [0.5, 0.6) is 5.75 Å². The van der Waals surface area contributed by atoms with Crippen LogP contribution in [0.2, 0.25) is 0 Å². The van der Waals surface area contributed by atoms with Gasteiger partial charge in [0.05, 0.1) is 7.11 Å². The Hall–Kier alpha value is -1.87. The summed E-state index contributed by atoms with van der Waals surface area (Å²) in [5.74, 6) is 0.924. The van der Waals surface area contributed by atoms with Gasteiger partial charge in [-0.05, 0) is 54.2 Å². The SMILES string of the molecule is COc1ccc(Cc2cccnc2)c(CNC2CC2)c1. The Morgan fingerprint density at radius 2 is 2.15 bits per heavy atom. The van der Waals surface area contributed by atoms with E-state index in [0.717, 1.165) is 18.7 Å².